The average molecular weight is 328 g/mol. The van der Waals surface area contributed by atoms with Gasteiger partial charge in [-0.2, -0.15) is 0 Å². The smallest absolute Gasteiger partial charge is 0.225 e. The molecule has 0 bridgehead atoms. The highest BCUT2D eigenvalue weighted by Crippen LogP contribution is 2.39. The summed E-state index contributed by atoms with van der Waals surface area (Å²) in [4.78, 5) is 16.7. The van der Waals surface area contributed by atoms with Crippen molar-refractivity contribution in [3.05, 3.63) is 35.9 Å². The van der Waals surface area contributed by atoms with Gasteiger partial charge in [-0.15, -0.1) is 0 Å². The standard InChI is InChI=1S/C20H28N2O2/c1-21(14-16-5-3-2-4-6-16)18-13-20(24-15-18)9-11-22(12-10-20)19(23)17-7-8-17/h2-6,17-18H,7-15H2,1H3. The molecule has 1 atom stereocenters. The Morgan fingerprint density at radius 2 is 1.96 bits per heavy atom. The number of hydrogen-bond donors (Lipinski definition) is 0. The molecule has 4 heteroatoms. The van der Waals surface area contributed by atoms with Crippen molar-refractivity contribution in [1.29, 1.82) is 0 Å². The number of ether oxygens (including phenoxy) is 1. The van der Waals surface area contributed by atoms with Crippen LogP contribution in [-0.4, -0.2) is 54.1 Å². The Morgan fingerprint density at radius 1 is 1.25 bits per heavy atom. The van der Waals surface area contributed by atoms with Crippen LogP contribution in [0, 0.1) is 5.92 Å². The molecule has 0 N–H and O–H groups in total. The zero-order chi connectivity index (χ0) is 16.6. The lowest BCUT2D eigenvalue weighted by Crippen LogP contribution is -2.47. The maximum atomic E-state index is 12.2. The number of benzene rings is 1. The van der Waals surface area contributed by atoms with Crippen LogP contribution in [0.1, 0.15) is 37.7 Å². The second-order valence-electron chi connectivity index (χ2n) is 7.85. The number of carbonyl (C=O) groups is 1. The minimum absolute atomic E-state index is 0.00987. The Bertz CT molecular complexity index is 577. The molecule has 1 aromatic rings. The van der Waals surface area contributed by atoms with Crippen LogP contribution in [0.15, 0.2) is 30.3 Å². The Labute approximate surface area is 144 Å². The van der Waals surface area contributed by atoms with Crippen molar-refractivity contribution in [3.8, 4) is 0 Å². The zero-order valence-corrected chi connectivity index (χ0v) is 14.6. The number of likely N-dealkylation sites (tertiary alicyclic amines) is 1. The van der Waals surface area contributed by atoms with Gasteiger partial charge in [0.25, 0.3) is 0 Å². The second-order valence-corrected chi connectivity index (χ2v) is 7.85. The lowest BCUT2D eigenvalue weighted by atomic mass is 9.87. The number of hydrogen-bond acceptors (Lipinski definition) is 3. The highest BCUT2D eigenvalue weighted by Gasteiger charge is 2.45. The summed E-state index contributed by atoms with van der Waals surface area (Å²) >= 11 is 0. The molecule has 1 saturated carbocycles. The van der Waals surface area contributed by atoms with Gasteiger partial charge in [-0.3, -0.25) is 9.69 Å². The maximum absolute atomic E-state index is 12.2. The SMILES string of the molecule is CN(Cc1ccccc1)C1COC2(CCN(C(=O)C3CC3)CC2)C1. The van der Waals surface area contributed by atoms with Gasteiger partial charge in [0, 0.05) is 31.6 Å². The first-order valence-corrected chi connectivity index (χ1v) is 9.32. The van der Waals surface area contributed by atoms with E-state index in [0.717, 1.165) is 58.3 Å². The van der Waals surface area contributed by atoms with Crippen LogP contribution in [0.3, 0.4) is 0 Å². The van der Waals surface area contributed by atoms with E-state index in [-0.39, 0.29) is 5.60 Å². The highest BCUT2D eigenvalue weighted by molar-refractivity contribution is 5.81. The average Bonchev–Trinajstić information content (AvgIpc) is 3.38. The van der Waals surface area contributed by atoms with Crippen LogP contribution < -0.4 is 0 Å². The summed E-state index contributed by atoms with van der Waals surface area (Å²) in [5.41, 5.74) is 1.36. The first-order valence-electron chi connectivity index (χ1n) is 9.32. The molecular formula is C20H28N2O2. The molecule has 2 aliphatic heterocycles. The van der Waals surface area contributed by atoms with E-state index in [2.05, 4.69) is 47.2 Å². The number of carbonyl (C=O) groups excluding carboxylic acids is 1. The van der Waals surface area contributed by atoms with E-state index in [1.54, 1.807) is 0 Å². The molecular weight excluding hydrogens is 300 g/mol. The molecule has 0 aromatic heterocycles. The lowest BCUT2D eigenvalue weighted by molar-refractivity contribution is -0.137. The van der Waals surface area contributed by atoms with E-state index < -0.39 is 0 Å². The van der Waals surface area contributed by atoms with E-state index >= 15 is 0 Å². The van der Waals surface area contributed by atoms with E-state index in [1.165, 1.54) is 5.56 Å². The van der Waals surface area contributed by atoms with Gasteiger partial charge in [-0.05, 0) is 44.7 Å². The molecule has 0 radical (unpaired) electrons. The fourth-order valence-electron chi connectivity index (χ4n) is 4.18. The third kappa shape index (κ3) is 3.35. The van der Waals surface area contributed by atoms with Crippen LogP contribution >= 0.6 is 0 Å². The number of likely N-dealkylation sites (N-methyl/N-ethyl adjacent to an activating group) is 1. The second kappa shape index (κ2) is 6.49. The zero-order valence-electron chi connectivity index (χ0n) is 14.6. The number of rotatable bonds is 4. The molecule has 1 aliphatic carbocycles. The molecule has 2 heterocycles. The van der Waals surface area contributed by atoms with Gasteiger partial charge in [0.05, 0.1) is 12.2 Å². The molecule has 4 rings (SSSR count). The van der Waals surface area contributed by atoms with Gasteiger partial charge < -0.3 is 9.64 Å². The largest absolute Gasteiger partial charge is 0.373 e. The number of piperidine rings is 1. The Hall–Kier alpha value is -1.39. The molecule has 24 heavy (non-hydrogen) atoms. The van der Waals surface area contributed by atoms with Gasteiger partial charge in [-0.25, -0.2) is 0 Å². The number of amides is 1. The van der Waals surface area contributed by atoms with Crippen LogP contribution in [0.5, 0.6) is 0 Å². The maximum Gasteiger partial charge on any atom is 0.225 e. The van der Waals surface area contributed by atoms with Crippen LogP contribution in [-0.2, 0) is 16.1 Å². The fraction of sp³-hybridized carbons (Fsp3) is 0.650. The predicted molar refractivity (Wildman–Crippen MR) is 93.5 cm³/mol. The van der Waals surface area contributed by atoms with Gasteiger partial charge in [0.15, 0.2) is 0 Å². The van der Waals surface area contributed by atoms with Crippen molar-refractivity contribution < 1.29 is 9.53 Å². The minimum Gasteiger partial charge on any atom is -0.373 e. The summed E-state index contributed by atoms with van der Waals surface area (Å²) in [6.07, 6.45) is 5.30. The first-order chi connectivity index (χ1) is 11.7. The molecule has 3 aliphatic rings. The van der Waals surface area contributed by atoms with Gasteiger partial charge >= 0.3 is 0 Å². The highest BCUT2D eigenvalue weighted by atomic mass is 16.5. The third-order valence-electron chi connectivity index (χ3n) is 6.00. The van der Waals surface area contributed by atoms with Crippen molar-refractivity contribution in [2.24, 2.45) is 5.92 Å². The number of nitrogens with zero attached hydrogens (tertiary/aromatic N) is 2. The van der Waals surface area contributed by atoms with Crippen LogP contribution in [0.25, 0.3) is 0 Å². The fourth-order valence-corrected chi connectivity index (χ4v) is 4.18. The Morgan fingerprint density at radius 3 is 2.62 bits per heavy atom. The van der Waals surface area contributed by atoms with Crippen molar-refractivity contribution in [1.82, 2.24) is 9.80 Å². The molecule has 4 nitrogen and oxygen atoms in total. The van der Waals surface area contributed by atoms with Crippen LogP contribution in [0.2, 0.25) is 0 Å². The molecule has 3 fully saturated rings. The van der Waals surface area contributed by atoms with Crippen molar-refractivity contribution >= 4 is 5.91 Å². The third-order valence-corrected chi connectivity index (χ3v) is 6.00. The van der Waals surface area contributed by atoms with Gasteiger partial charge in [0.2, 0.25) is 5.91 Å². The predicted octanol–water partition coefficient (Wildman–Crippen LogP) is 2.68. The van der Waals surface area contributed by atoms with Crippen molar-refractivity contribution in [2.75, 3.05) is 26.7 Å². The summed E-state index contributed by atoms with van der Waals surface area (Å²) in [6.45, 7) is 3.55. The summed E-state index contributed by atoms with van der Waals surface area (Å²) in [6, 6.07) is 11.1. The van der Waals surface area contributed by atoms with E-state index in [0.29, 0.717) is 17.9 Å². The minimum atomic E-state index is 0.00987. The molecule has 1 amide bonds. The quantitative estimate of drug-likeness (QED) is 0.852. The summed E-state index contributed by atoms with van der Waals surface area (Å²) in [7, 11) is 2.20. The van der Waals surface area contributed by atoms with Crippen LogP contribution in [0.4, 0.5) is 0 Å². The van der Waals surface area contributed by atoms with E-state index in [4.69, 9.17) is 4.74 Å². The summed E-state index contributed by atoms with van der Waals surface area (Å²) < 4.78 is 6.28. The molecule has 1 aromatic carbocycles. The first kappa shape index (κ1) is 16.1. The Balaban J connectivity index is 1.30. The monoisotopic (exact) mass is 328 g/mol. The Kier molecular flexibility index (Phi) is 4.35. The summed E-state index contributed by atoms with van der Waals surface area (Å²) in [5, 5.41) is 0. The molecule has 2 saturated heterocycles. The lowest BCUT2D eigenvalue weighted by Gasteiger charge is -2.39. The normalized spacial score (nSPS) is 26.2. The molecule has 130 valence electrons. The van der Waals surface area contributed by atoms with Crippen molar-refractivity contribution in [2.45, 2.75) is 50.3 Å². The summed E-state index contributed by atoms with van der Waals surface area (Å²) in [5.74, 6) is 0.730. The van der Waals surface area contributed by atoms with E-state index in [1.807, 2.05) is 0 Å². The topological polar surface area (TPSA) is 32.8 Å². The van der Waals surface area contributed by atoms with Crippen molar-refractivity contribution in [3.63, 3.8) is 0 Å². The molecule has 1 unspecified atom stereocenters. The van der Waals surface area contributed by atoms with Gasteiger partial charge in [0.1, 0.15) is 0 Å². The van der Waals surface area contributed by atoms with E-state index in [9.17, 15) is 4.79 Å². The molecule has 1 spiro atoms. The van der Waals surface area contributed by atoms with Gasteiger partial charge in [-0.1, -0.05) is 30.3 Å².